The molecule has 0 saturated carbocycles. The molecule has 4 heteroatoms. The van der Waals surface area contributed by atoms with Crippen molar-refractivity contribution in [1.29, 1.82) is 0 Å². The summed E-state index contributed by atoms with van der Waals surface area (Å²) >= 11 is 0. The number of carbonyl (C=O) groups excluding carboxylic acids is 2. The zero-order chi connectivity index (χ0) is 18.3. The molecule has 0 fully saturated rings. The van der Waals surface area contributed by atoms with E-state index in [0.29, 0.717) is 22.2 Å². The zero-order valence-electron chi connectivity index (χ0n) is 14.8. The van der Waals surface area contributed by atoms with Gasteiger partial charge in [0.15, 0.2) is 5.78 Å². The number of hydrogen-bond acceptors (Lipinski definition) is 3. The predicted octanol–water partition coefficient (Wildman–Crippen LogP) is 3.57. The minimum atomic E-state index is -0.415. The quantitative estimate of drug-likeness (QED) is 0.243. The van der Waals surface area contributed by atoms with E-state index in [-0.39, 0.29) is 12.5 Å². The summed E-state index contributed by atoms with van der Waals surface area (Å²) in [5.41, 5.74) is 2.43. The monoisotopic (exact) mass is 338 g/mol. The van der Waals surface area contributed by atoms with Gasteiger partial charge in [-0.25, -0.2) is 4.79 Å². The normalized spacial score (nSPS) is 12.9. The van der Waals surface area contributed by atoms with Crippen LogP contribution in [0.5, 0.6) is 0 Å². The van der Waals surface area contributed by atoms with Crippen LogP contribution in [0, 0.1) is 0 Å². The lowest BCUT2D eigenvalue weighted by Gasteiger charge is -2.32. The van der Waals surface area contributed by atoms with E-state index in [1.165, 1.54) is 6.08 Å². The maximum absolute atomic E-state index is 12.4. The highest BCUT2D eigenvalue weighted by atomic mass is 16.5. The van der Waals surface area contributed by atoms with E-state index >= 15 is 0 Å². The summed E-state index contributed by atoms with van der Waals surface area (Å²) < 4.78 is 5.76. The van der Waals surface area contributed by atoms with Gasteiger partial charge in [-0.1, -0.05) is 61.2 Å². The molecule has 2 aromatic rings. The van der Waals surface area contributed by atoms with Crippen molar-refractivity contribution in [3.63, 3.8) is 0 Å². The van der Waals surface area contributed by atoms with Gasteiger partial charge in [0.25, 0.3) is 0 Å². The average molecular weight is 338 g/mol. The highest BCUT2D eigenvalue weighted by Gasteiger charge is 2.22. The Morgan fingerprint density at radius 3 is 2.20 bits per heavy atom. The maximum atomic E-state index is 12.4. The number of benzene rings is 2. The van der Waals surface area contributed by atoms with Crippen molar-refractivity contribution in [3.8, 4) is 0 Å². The van der Waals surface area contributed by atoms with Crippen LogP contribution in [0.1, 0.15) is 28.4 Å². The molecular weight excluding hydrogens is 314 g/mol. The standard InChI is InChI=1S/C21H24NO3/c1-4-20(23)25-16-22(3,5-2)15-17-11-13-19(14-12-17)21(24)18-9-7-6-8-10-18/h4,6-14H,1,5,15-16H2,2-3H3/q+1. The van der Waals surface area contributed by atoms with Gasteiger partial charge in [0.1, 0.15) is 6.54 Å². The molecule has 0 saturated heterocycles. The van der Waals surface area contributed by atoms with Crippen molar-refractivity contribution >= 4 is 11.8 Å². The molecular formula is C21H24NO3+. The Morgan fingerprint density at radius 1 is 1.04 bits per heavy atom. The third-order valence-corrected chi connectivity index (χ3v) is 4.26. The minimum absolute atomic E-state index is 0.0137. The molecule has 1 unspecified atom stereocenters. The maximum Gasteiger partial charge on any atom is 0.334 e. The van der Waals surface area contributed by atoms with Gasteiger partial charge in [-0.05, 0) is 6.92 Å². The van der Waals surface area contributed by atoms with E-state index in [9.17, 15) is 9.59 Å². The van der Waals surface area contributed by atoms with Crippen molar-refractivity contribution in [2.75, 3.05) is 20.3 Å². The van der Waals surface area contributed by atoms with E-state index < -0.39 is 5.97 Å². The summed E-state index contributed by atoms with van der Waals surface area (Å²) in [4.78, 5) is 23.7. The molecule has 0 aliphatic rings. The largest absolute Gasteiger partial charge is 0.412 e. The fourth-order valence-corrected chi connectivity index (χ4v) is 2.49. The molecule has 0 amide bonds. The van der Waals surface area contributed by atoms with Crippen LogP contribution in [0.2, 0.25) is 0 Å². The van der Waals surface area contributed by atoms with Crippen LogP contribution < -0.4 is 0 Å². The number of ketones is 1. The second-order valence-electron chi connectivity index (χ2n) is 6.28. The lowest BCUT2D eigenvalue weighted by Crippen LogP contribution is -2.45. The first-order chi connectivity index (χ1) is 12.0. The lowest BCUT2D eigenvalue weighted by atomic mass is 10.0. The van der Waals surface area contributed by atoms with E-state index in [0.717, 1.165) is 12.1 Å². The Labute approximate surface area is 148 Å². The van der Waals surface area contributed by atoms with Gasteiger partial charge in [-0.15, -0.1) is 0 Å². The van der Waals surface area contributed by atoms with E-state index in [1.807, 2.05) is 61.6 Å². The van der Waals surface area contributed by atoms with E-state index in [4.69, 9.17) is 4.74 Å². The van der Waals surface area contributed by atoms with E-state index in [1.54, 1.807) is 0 Å². The fourth-order valence-electron chi connectivity index (χ4n) is 2.49. The Kier molecular flexibility index (Phi) is 6.25. The summed E-state index contributed by atoms with van der Waals surface area (Å²) in [5, 5.41) is 0. The first kappa shape index (κ1) is 18.6. The highest BCUT2D eigenvalue weighted by molar-refractivity contribution is 6.08. The van der Waals surface area contributed by atoms with Gasteiger partial charge in [0.2, 0.25) is 6.73 Å². The second kappa shape index (κ2) is 8.40. The van der Waals surface area contributed by atoms with Crippen LogP contribution in [-0.2, 0) is 16.1 Å². The van der Waals surface area contributed by atoms with Crippen molar-refractivity contribution in [3.05, 3.63) is 83.9 Å². The predicted molar refractivity (Wildman–Crippen MR) is 97.9 cm³/mol. The molecule has 4 nitrogen and oxygen atoms in total. The first-order valence-electron chi connectivity index (χ1n) is 8.29. The molecule has 0 bridgehead atoms. The number of hydrogen-bond donors (Lipinski definition) is 0. The molecule has 0 aromatic heterocycles. The molecule has 0 aliphatic carbocycles. The van der Waals surface area contributed by atoms with Crippen LogP contribution in [0.3, 0.4) is 0 Å². The summed E-state index contributed by atoms with van der Waals surface area (Å²) in [6.45, 7) is 7.27. The van der Waals surface area contributed by atoms with Gasteiger partial charge in [0.05, 0.1) is 13.6 Å². The second-order valence-corrected chi connectivity index (χ2v) is 6.28. The first-order valence-corrected chi connectivity index (χ1v) is 8.29. The van der Waals surface area contributed by atoms with Crippen molar-refractivity contribution in [2.45, 2.75) is 13.5 Å². The van der Waals surface area contributed by atoms with Gasteiger partial charge in [0, 0.05) is 22.8 Å². The van der Waals surface area contributed by atoms with Crippen molar-refractivity contribution in [2.24, 2.45) is 0 Å². The molecule has 0 spiro atoms. The average Bonchev–Trinajstić information content (AvgIpc) is 2.67. The summed E-state index contributed by atoms with van der Waals surface area (Å²) in [7, 11) is 2.03. The number of carbonyl (C=O) groups is 2. The molecule has 0 heterocycles. The van der Waals surface area contributed by atoms with Gasteiger partial charge >= 0.3 is 5.97 Å². The molecule has 0 N–H and O–H groups in total. The van der Waals surface area contributed by atoms with Gasteiger partial charge in [-0.2, -0.15) is 0 Å². The van der Waals surface area contributed by atoms with Crippen molar-refractivity contribution in [1.82, 2.24) is 0 Å². The van der Waals surface area contributed by atoms with Crippen LogP contribution in [0.4, 0.5) is 0 Å². The third kappa shape index (κ3) is 5.13. The smallest absolute Gasteiger partial charge is 0.334 e. The van der Waals surface area contributed by atoms with Crippen LogP contribution in [-0.4, -0.2) is 36.6 Å². The SMILES string of the molecule is C=CC(=O)OC[N+](C)(CC)Cc1ccc(C(=O)c2ccccc2)cc1. The fraction of sp³-hybridized carbons (Fsp3) is 0.238. The molecule has 2 aromatic carbocycles. The Morgan fingerprint density at radius 2 is 1.64 bits per heavy atom. The number of esters is 1. The highest BCUT2D eigenvalue weighted by Crippen LogP contribution is 2.15. The van der Waals surface area contributed by atoms with Crippen LogP contribution >= 0.6 is 0 Å². The van der Waals surface area contributed by atoms with Gasteiger partial charge in [-0.3, -0.25) is 9.28 Å². The summed E-state index contributed by atoms with van der Waals surface area (Å²) in [6.07, 6.45) is 1.17. The third-order valence-electron chi connectivity index (χ3n) is 4.26. The zero-order valence-corrected chi connectivity index (χ0v) is 14.8. The Bertz CT molecular complexity index is 737. The number of ether oxygens (including phenoxy) is 1. The Hall–Kier alpha value is -2.72. The van der Waals surface area contributed by atoms with E-state index in [2.05, 4.69) is 13.5 Å². The van der Waals surface area contributed by atoms with Crippen LogP contribution in [0.15, 0.2) is 67.3 Å². The molecule has 0 aliphatic heterocycles. The topological polar surface area (TPSA) is 43.4 Å². The molecule has 1 atom stereocenters. The lowest BCUT2D eigenvalue weighted by molar-refractivity contribution is -0.936. The molecule has 0 radical (unpaired) electrons. The summed E-state index contributed by atoms with van der Waals surface area (Å²) in [6, 6.07) is 16.8. The number of nitrogens with zero attached hydrogens (tertiary/aromatic N) is 1. The summed E-state index contributed by atoms with van der Waals surface area (Å²) in [5.74, 6) is -0.401. The van der Waals surface area contributed by atoms with Crippen molar-refractivity contribution < 1.29 is 18.8 Å². The molecule has 25 heavy (non-hydrogen) atoms. The molecule has 2 rings (SSSR count). The van der Waals surface area contributed by atoms with Gasteiger partial charge < -0.3 is 4.74 Å². The van der Waals surface area contributed by atoms with Crippen LogP contribution in [0.25, 0.3) is 0 Å². The number of rotatable bonds is 8. The Balaban J connectivity index is 2.07. The molecule has 130 valence electrons. The number of quaternary nitrogens is 1. The minimum Gasteiger partial charge on any atom is -0.412 e.